The van der Waals surface area contributed by atoms with Gasteiger partial charge in [-0.1, -0.05) is 196 Å². The molecule has 0 aromatic heterocycles. The average molecular weight is 835 g/mol. The molecule has 0 spiro atoms. The minimum Gasteiger partial charge on any atom is -0.462 e. The molecule has 0 aliphatic rings. The van der Waals surface area contributed by atoms with E-state index in [4.69, 9.17) is 14.2 Å². The van der Waals surface area contributed by atoms with E-state index in [1.165, 1.54) is 64.2 Å². The first-order valence-corrected chi connectivity index (χ1v) is 24.6. The van der Waals surface area contributed by atoms with Crippen molar-refractivity contribution in [2.24, 2.45) is 0 Å². The summed E-state index contributed by atoms with van der Waals surface area (Å²) >= 11 is 0. The average Bonchev–Trinajstić information content (AvgIpc) is 3.24. The van der Waals surface area contributed by atoms with Gasteiger partial charge < -0.3 is 14.2 Å². The van der Waals surface area contributed by atoms with Gasteiger partial charge in [-0.3, -0.25) is 14.4 Å². The molecule has 0 aromatic carbocycles. The smallest absolute Gasteiger partial charge is 0.306 e. The summed E-state index contributed by atoms with van der Waals surface area (Å²) < 4.78 is 16.7. The highest BCUT2D eigenvalue weighted by atomic mass is 16.6. The molecule has 0 fully saturated rings. The molecule has 1 atom stereocenters. The topological polar surface area (TPSA) is 78.9 Å². The van der Waals surface area contributed by atoms with E-state index < -0.39 is 6.10 Å². The van der Waals surface area contributed by atoms with E-state index in [1.807, 2.05) is 0 Å². The molecule has 0 amide bonds. The second-order valence-corrected chi connectivity index (χ2v) is 16.0. The number of esters is 3. The zero-order valence-corrected chi connectivity index (χ0v) is 38.9. The summed E-state index contributed by atoms with van der Waals surface area (Å²) in [7, 11) is 0. The molecule has 60 heavy (non-hydrogen) atoms. The van der Waals surface area contributed by atoms with Crippen molar-refractivity contribution in [2.45, 2.75) is 226 Å². The fourth-order valence-corrected chi connectivity index (χ4v) is 6.50. The third-order valence-electron chi connectivity index (χ3n) is 10.1. The van der Waals surface area contributed by atoms with Crippen molar-refractivity contribution in [3.8, 4) is 0 Å². The molecule has 0 saturated heterocycles. The van der Waals surface area contributed by atoms with E-state index >= 15 is 0 Å². The first-order valence-electron chi connectivity index (χ1n) is 24.6. The molecule has 0 aliphatic heterocycles. The maximum absolute atomic E-state index is 12.7. The first-order chi connectivity index (χ1) is 29.5. The second-order valence-electron chi connectivity index (χ2n) is 16.0. The zero-order chi connectivity index (χ0) is 43.7. The third-order valence-corrected chi connectivity index (χ3v) is 10.1. The Morgan fingerprint density at radius 3 is 1.03 bits per heavy atom. The number of rotatable bonds is 43. The Balaban J connectivity index is 4.32. The molecule has 0 heterocycles. The molecule has 0 N–H and O–H groups in total. The lowest BCUT2D eigenvalue weighted by Crippen LogP contribution is -2.30. The Morgan fingerprint density at radius 2 is 0.650 bits per heavy atom. The lowest BCUT2D eigenvalue weighted by atomic mass is 10.1. The summed E-state index contributed by atoms with van der Waals surface area (Å²) in [6, 6.07) is 0. The van der Waals surface area contributed by atoms with Crippen molar-refractivity contribution in [3.05, 3.63) is 85.1 Å². The van der Waals surface area contributed by atoms with Crippen molar-refractivity contribution in [1.29, 1.82) is 0 Å². The number of allylic oxidation sites excluding steroid dienone is 14. The quantitative estimate of drug-likeness (QED) is 0.0263. The fraction of sp³-hybridized carbons (Fsp3) is 0.685. The minimum absolute atomic E-state index is 0.0908. The Bertz CT molecular complexity index is 1190. The number of ether oxygens (including phenoxy) is 3. The SMILES string of the molecule is CC/C=C\C/C=C\C/C=C\C/C=C\CCCCCCCCCCC(=O)OCC(COC(=O)CCCCCCCCCC)OC(=O)CCCCC/C=C\C/C=C\C/C=C\CC. The lowest BCUT2D eigenvalue weighted by molar-refractivity contribution is -0.167. The van der Waals surface area contributed by atoms with Gasteiger partial charge in [-0.25, -0.2) is 0 Å². The Labute approximate surface area is 369 Å². The van der Waals surface area contributed by atoms with E-state index in [0.29, 0.717) is 19.3 Å². The molecule has 0 aromatic rings. The van der Waals surface area contributed by atoms with Crippen LogP contribution in [0.3, 0.4) is 0 Å². The Kier molecular flexibility index (Phi) is 45.5. The molecule has 1 unspecified atom stereocenters. The van der Waals surface area contributed by atoms with Gasteiger partial charge in [0, 0.05) is 19.3 Å². The first kappa shape index (κ1) is 56.6. The second kappa shape index (κ2) is 48.3. The summed E-state index contributed by atoms with van der Waals surface area (Å²) in [5.74, 6) is -0.937. The van der Waals surface area contributed by atoms with Crippen LogP contribution in [0.2, 0.25) is 0 Å². The highest BCUT2D eigenvalue weighted by Gasteiger charge is 2.19. The van der Waals surface area contributed by atoms with Gasteiger partial charge in [0.15, 0.2) is 6.10 Å². The van der Waals surface area contributed by atoms with E-state index in [0.717, 1.165) is 116 Å². The Hall–Kier alpha value is -3.41. The van der Waals surface area contributed by atoms with Crippen LogP contribution >= 0.6 is 0 Å². The van der Waals surface area contributed by atoms with Crippen molar-refractivity contribution in [3.63, 3.8) is 0 Å². The number of hydrogen-bond donors (Lipinski definition) is 0. The molecule has 0 bridgehead atoms. The van der Waals surface area contributed by atoms with Gasteiger partial charge in [-0.15, -0.1) is 0 Å². The normalized spacial score (nSPS) is 12.8. The predicted molar refractivity (Wildman–Crippen MR) is 256 cm³/mol. The van der Waals surface area contributed by atoms with Crippen LogP contribution in [0.5, 0.6) is 0 Å². The molecular weight excluding hydrogens is 745 g/mol. The summed E-state index contributed by atoms with van der Waals surface area (Å²) in [5, 5.41) is 0. The summed E-state index contributed by atoms with van der Waals surface area (Å²) in [6.45, 7) is 6.34. The molecule has 0 saturated carbocycles. The van der Waals surface area contributed by atoms with Crippen LogP contribution in [-0.2, 0) is 28.6 Å². The number of unbranched alkanes of at least 4 members (excludes halogenated alkanes) is 18. The Morgan fingerprint density at radius 1 is 0.350 bits per heavy atom. The molecule has 342 valence electrons. The zero-order valence-electron chi connectivity index (χ0n) is 38.9. The molecule has 0 rings (SSSR count). The highest BCUT2D eigenvalue weighted by molar-refractivity contribution is 5.71. The van der Waals surface area contributed by atoms with Crippen LogP contribution in [0.15, 0.2) is 85.1 Å². The van der Waals surface area contributed by atoms with E-state index in [1.54, 1.807) is 0 Å². The van der Waals surface area contributed by atoms with Crippen molar-refractivity contribution < 1.29 is 28.6 Å². The molecule has 0 radical (unpaired) electrons. The largest absolute Gasteiger partial charge is 0.462 e. The number of carbonyl (C=O) groups is 3. The third kappa shape index (κ3) is 45.7. The number of hydrogen-bond acceptors (Lipinski definition) is 6. The summed E-state index contributed by atoms with van der Waals surface area (Å²) in [6.07, 6.45) is 61.5. The van der Waals surface area contributed by atoms with Gasteiger partial charge in [0.25, 0.3) is 0 Å². The van der Waals surface area contributed by atoms with Crippen LogP contribution in [-0.4, -0.2) is 37.2 Å². The van der Waals surface area contributed by atoms with Gasteiger partial charge in [-0.2, -0.15) is 0 Å². The molecule has 0 aliphatic carbocycles. The summed E-state index contributed by atoms with van der Waals surface area (Å²) in [5.41, 5.74) is 0. The van der Waals surface area contributed by atoms with Gasteiger partial charge in [0.2, 0.25) is 0 Å². The molecule has 6 nitrogen and oxygen atoms in total. The van der Waals surface area contributed by atoms with Crippen molar-refractivity contribution in [1.82, 2.24) is 0 Å². The molecular formula is C54H90O6. The van der Waals surface area contributed by atoms with Crippen LogP contribution < -0.4 is 0 Å². The standard InChI is InChI=1S/C54H90O6/c1-4-7-10-13-16-19-21-23-24-25-26-27-28-29-30-32-33-35-38-41-44-47-53(56)59-50-51(49-58-52(55)46-43-40-37-18-15-12-9-6-3)60-54(57)48-45-42-39-36-34-31-22-20-17-14-11-8-5-2/h7-8,10-11,16-17,19-20,23-24,26-27,31,34,51H,4-6,9,12-15,18,21-22,25,28-30,32-33,35-50H2,1-3H3/b10-7-,11-8-,19-16-,20-17-,24-23-,27-26-,34-31-. The maximum atomic E-state index is 12.7. The predicted octanol–water partition coefficient (Wildman–Crippen LogP) is 16.0. The van der Waals surface area contributed by atoms with Crippen LogP contribution in [0.4, 0.5) is 0 Å². The molecule has 6 heteroatoms. The lowest BCUT2D eigenvalue weighted by Gasteiger charge is -2.18. The summed E-state index contributed by atoms with van der Waals surface area (Å²) in [4.78, 5) is 37.8. The fourth-order valence-electron chi connectivity index (χ4n) is 6.50. The van der Waals surface area contributed by atoms with Crippen molar-refractivity contribution >= 4 is 17.9 Å². The van der Waals surface area contributed by atoms with Gasteiger partial charge in [0.05, 0.1) is 0 Å². The van der Waals surface area contributed by atoms with Crippen LogP contribution in [0.25, 0.3) is 0 Å². The van der Waals surface area contributed by atoms with E-state index in [-0.39, 0.29) is 31.1 Å². The van der Waals surface area contributed by atoms with E-state index in [2.05, 4.69) is 106 Å². The number of carbonyl (C=O) groups excluding carboxylic acids is 3. The van der Waals surface area contributed by atoms with E-state index in [9.17, 15) is 14.4 Å². The van der Waals surface area contributed by atoms with Gasteiger partial charge >= 0.3 is 17.9 Å². The van der Waals surface area contributed by atoms with Crippen molar-refractivity contribution in [2.75, 3.05) is 13.2 Å². The van der Waals surface area contributed by atoms with Gasteiger partial charge in [-0.05, 0) is 89.9 Å². The van der Waals surface area contributed by atoms with Gasteiger partial charge in [0.1, 0.15) is 13.2 Å². The maximum Gasteiger partial charge on any atom is 0.306 e. The highest BCUT2D eigenvalue weighted by Crippen LogP contribution is 2.14. The van der Waals surface area contributed by atoms with Crippen LogP contribution in [0, 0.1) is 0 Å². The van der Waals surface area contributed by atoms with Crippen LogP contribution in [0.1, 0.15) is 220 Å². The minimum atomic E-state index is -0.791. The monoisotopic (exact) mass is 835 g/mol.